The fourth-order valence-corrected chi connectivity index (χ4v) is 13.7. The lowest BCUT2D eigenvalue weighted by Gasteiger charge is -2.34. The maximum absolute atomic E-state index is 13.6. The van der Waals surface area contributed by atoms with Gasteiger partial charge in [0.1, 0.15) is 20.8 Å². The van der Waals surface area contributed by atoms with Crippen LogP contribution in [0.4, 0.5) is 5.82 Å². The third kappa shape index (κ3) is 16.6. The Balaban J connectivity index is 0.000000203. The molecule has 10 heterocycles. The lowest BCUT2D eigenvalue weighted by atomic mass is 9.92. The Morgan fingerprint density at radius 1 is 0.779 bits per heavy atom. The highest BCUT2D eigenvalue weighted by atomic mass is 35.5. The Morgan fingerprint density at radius 3 is 2.06 bits per heavy atom. The van der Waals surface area contributed by atoms with Crippen molar-refractivity contribution in [3.8, 4) is 23.4 Å². The van der Waals surface area contributed by atoms with E-state index in [9.17, 15) is 26.4 Å². The van der Waals surface area contributed by atoms with Crippen molar-refractivity contribution in [2.75, 3.05) is 31.2 Å². The second-order valence-corrected chi connectivity index (χ2v) is 29.7. The van der Waals surface area contributed by atoms with Crippen LogP contribution >= 0.6 is 11.6 Å². The van der Waals surface area contributed by atoms with E-state index >= 15 is 0 Å². The smallest absolute Gasteiger partial charge is 0.268 e. The van der Waals surface area contributed by atoms with Gasteiger partial charge in [-0.2, -0.15) is 0 Å². The fourth-order valence-electron chi connectivity index (χ4n) is 11.6. The van der Waals surface area contributed by atoms with Gasteiger partial charge in [-0.1, -0.05) is 58.6 Å². The molecule has 2 amide bonds. The van der Waals surface area contributed by atoms with Crippen LogP contribution in [0.3, 0.4) is 0 Å². The number of hydrogen-bond donors (Lipinski definition) is 3. The molecule has 0 spiro atoms. The summed E-state index contributed by atoms with van der Waals surface area (Å²) in [5.41, 5.74) is 2.57. The molecule has 23 heteroatoms. The number of rotatable bonds is 19. The largest absolute Gasteiger partial charge is 0.477 e. The third-order valence-corrected chi connectivity index (χ3v) is 20.5. The predicted molar refractivity (Wildman–Crippen MR) is 331 cm³/mol. The molecule has 0 aromatic carbocycles. The highest BCUT2D eigenvalue weighted by Crippen LogP contribution is 2.49. The summed E-state index contributed by atoms with van der Waals surface area (Å²) in [4.78, 5) is 46.3. The molecule has 20 nitrogen and oxygen atoms in total. The Kier molecular flexibility index (Phi) is 19.7. The second kappa shape index (κ2) is 26.5. The van der Waals surface area contributed by atoms with Crippen molar-refractivity contribution in [1.29, 1.82) is 0 Å². The summed E-state index contributed by atoms with van der Waals surface area (Å²) >= 11 is 6.28. The Labute approximate surface area is 512 Å². The van der Waals surface area contributed by atoms with E-state index in [0.717, 1.165) is 101 Å². The topological polar surface area (TPSA) is 247 Å². The Morgan fingerprint density at radius 2 is 1.45 bits per heavy atom. The number of aryl methyl sites for hydroxylation is 2. The number of carbonyl (C=O) groups excluding carboxylic acids is 2. The second-order valence-electron chi connectivity index (χ2n) is 25.9. The van der Waals surface area contributed by atoms with Gasteiger partial charge in [-0.15, -0.1) is 10.2 Å². The molecule has 2 atom stereocenters. The molecule has 6 aromatic heterocycles. The van der Waals surface area contributed by atoms with Gasteiger partial charge in [0.2, 0.25) is 11.8 Å². The standard InChI is InChI=1S/C31H41ClN6O4S.C31H40N6O4S.CH4/c1-30(2)19-22(20-34-30)7-5-4-6-8-23-9-10-24(21-33-23)43(40,41)37-29(39)25-11-12-26(35-28(25)32)38-17-13-27(36-38)42-18-16-31(3)14-15-31;1-30(2)19-22-7-5-4-6-8-23-9-10-24(20-32-23)42(39,40)35-29(38)25-11-12-26(33-28(25)36(30)21-22)37-17-13-27(34-37)41-18-16-31(3)14-15-31;/h9-13,17,21-22,34H,4-8,14-16,18-20H2,1-3H3,(H,37,39);9-13,17,20,22H,4-8,14-16,18-19,21H2,1-3H3,(H,35,38);1H4. The quantitative estimate of drug-likeness (QED) is 0.0504. The van der Waals surface area contributed by atoms with E-state index in [1.165, 1.54) is 86.3 Å². The van der Waals surface area contributed by atoms with Gasteiger partial charge in [-0.05, 0) is 195 Å². The normalized spacial score (nSPS) is 20.5. The minimum atomic E-state index is -4.15. The summed E-state index contributed by atoms with van der Waals surface area (Å²) < 4.78 is 71.2. The van der Waals surface area contributed by atoms with Crippen molar-refractivity contribution in [1.82, 2.24) is 54.3 Å². The van der Waals surface area contributed by atoms with Gasteiger partial charge in [0.15, 0.2) is 11.6 Å². The summed E-state index contributed by atoms with van der Waals surface area (Å²) in [5.74, 6) is 1.91. The van der Waals surface area contributed by atoms with Gasteiger partial charge in [0.25, 0.3) is 31.9 Å². The van der Waals surface area contributed by atoms with Gasteiger partial charge >= 0.3 is 0 Å². The van der Waals surface area contributed by atoms with Crippen LogP contribution in [0.1, 0.15) is 184 Å². The number of nitrogens with one attached hydrogen (secondary N) is 3. The number of fused-ring (bicyclic) bond motifs is 8. The number of unbranched alkanes of at least 4 members (excludes halogenated alkanes) is 2. The van der Waals surface area contributed by atoms with Crippen molar-refractivity contribution in [3.63, 3.8) is 0 Å². The van der Waals surface area contributed by atoms with Gasteiger partial charge in [0, 0.05) is 65.9 Å². The fraction of sp³-hybridized carbons (Fsp3) is 0.556. The number of anilines is 1. The highest BCUT2D eigenvalue weighted by molar-refractivity contribution is 7.90. The minimum Gasteiger partial charge on any atom is -0.477 e. The Hall–Kier alpha value is -6.49. The van der Waals surface area contributed by atoms with Gasteiger partial charge in [-0.25, -0.2) is 45.6 Å². The van der Waals surface area contributed by atoms with E-state index in [1.54, 1.807) is 47.4 Å². The monoisotopic (exact) mass is 1240 g/mol. The molecule has 2 unspecified atom stereocenters. The van der Waals surface area contributed by atoms with E-state index in [-0.39, 0.29) is 44.6 Å². The van der Waals surface area contributed by atoms with Gasteiger partial charge in [0.05, 0.1) is 24.3 Å². The zero-order chi connectivity index (χ0) is 60.2. The third-order valence-electron chi connectivity index (χ3n) is 17.5. The van der Waals surface area contributed by atoms with E-state index < -0.39 is 31.9 Å². The SMILES string of the molecule is C.CC1(CCOc2ccn(-c3ccc(C(=O)NS(=O)(=O)c4ccc(CCCCCC5CNC(C)(C)C5)nc4)c(Cl)n3)n2)CC1.CC1(CCOc2ccn(-c3ccc4c(n3)N3CC(CCCCCc5ccc(cn5)S(=O)(=O)NC4=O)CC3(C)C)n2)CC1. The highest BCUT2D eigenvalue weighted by Gasteiger charge is 2.42. The van der Waals surface area contributed by atoms with Crippen LogP contribution in [0.2, 0.25) is 5.15 Å². The molecule has 12 rings (SSSR count). The molecule has 4 bridgehead atoms. The molecule has 2 saturated heterocycles. The maximum Gasteiger partial charge on any atom is 0.268 e. The van der Waals surface area contributed by atoms with Crippen molar-refractivity contribution in [3.05, 3.63) is 113 Å². The molecular formula is C63H85ClN12O8S2. The molecule has 86 heavy (non-hydrogen) atoms. The van der Waals surface area contributed by atoms with E-state index in [4.69, 9.17) is 26.1 Å². The molecule has 4 aliphatic heterocycles. The molecule has 6 aliphatic rings. The lowest BCUT2D eigenvalue weighted by molar-refractivity contribution is 0.0972. The van der Waals surface area contributed by atoms with Crippen LogP contribution in [0.15, 0.2) is 95.2 Å². The summed E-state index contributed by atoms with van der Waals surface area (Å²) in [6.07, 6.45) is 25.5. The van der Waals surface area contributed by atoms with Gasteiger partial charge < -0.3 is 19.7 Å². The number of amides is 2. The van der Waals surface area contributed by atoms with E-state index in [0.29, 0.717) is 59.2 Å². The molecular weight excluding hydrogens is 1150 g/mol. The van der Waals surface area contributed by atoms with Crippen LogP contribution < -0.4 is 29.1 Å². The molecule has 2 saturated carbocycles. The summed E-state index contributed by atoms with van der Waals surface area (Å²) in [6.45, 7) is 16.4. The molecule has 2 aliphatic carbocycles. The molecule has 464 valence electrons. The summed E-state index contributed by atoms with van der Waals surface area (Å²) in [6, 6.07) is 16.2. The predicted octanol–water partition coefficient (Wildman–Crippen LogP) is 11.2. The first kappa shape index (κ1) is 64.0. The lowest BCUT2D eigenvalue weighted by Crippen LogP contribution is -2.41. The number of hydrogen-bond acceptors (Lipinski definition) is 16. The molecule has 4 fully saturated rings. The average Bonchev–Trinajstić information content (AvgIpc) is 2.10. The molecule has 0 radical (unpaired) electrons. The summed E-state index contributed by atoms with van der Waals surface area (Å²) in [5, 5.41) is 12.4. The summed E-state index contributed by atoms with van der Waals surface area (Å²) in [7, 11) is -8.28. The number of carbonyl (C=O) groups is 2. The zero-order valence-corrected chi connectivity index (χ0v) is 52.2. The first-order chi connectivity index (χ1) is 40.4. The van der Waals surface area contributed by atoms with Crippen molar-refractivity contribution >= 4 is 49.3 Å². The zero-order valence-electron chi connectivity index (χ0n) is 49.8. The molecule has 3 N–H and O–H groups in total. The maximum atomic E-state index is 13.6. The number of pyridine rings is 4. The van der Waals surface area contributed by atoms with Gasteiger partial charge in [-0.3, -0.25) is 19.6 Å². The van der Waals surface area contributed by atoms with Crippen LogP contribution in [0, 0.1) is 22.7 Å². The average molecular weight is 1240 g/mol. The van der Waals surface area contributed by atoms with Crippen molar-refractivity contribution in [2.24, 2.45) is 22.7 Å². The number of halogens is 1. The number of aromatic nitrogens is 8. The number of ether oxygens (including phenoxy) is 2. The number of nitrogens with zero attached hydrogens (tertiary/aromatic N) is 9. The van der Waals surface area contributed by atoms with E-state index in [1.807, 2.05) is 6.07 Å². The van der Waals surface area contributed by atoms with Crippen molar-refractivity contribution < 1.29 is 35.9 Å². The number of sulfonamides is 2. The Bertz CT molecular complexity index is 3570. The van der Waals surface area contributed by atoms with Crippen LogP contribution in [-0.4, -0.2) is 106 Å². The molecule has 6 aromatic rings. The van der Waals surface area contributed by atoms with Crippen LogP contribution in [0.5, 0.6) is 11.8 Å². The first-order valence-corrected chi connectivity index (χ1v) is 33.4. The minimum absolute atomic E-state index is 0. The van der Waals surface area contributed by atoms with Crippen molar-refractivity contribution in [2.45, 2.75) is 185 Å². The van der Waals surface area contributed by atoms with Crippen LogP contribution in [-0.2, 0) is 32.9 Å². The van der Waals surface area contributed by atoms with E-state index in [2.05, 4.69) is 86.4 Å². The first-order valence-electron chi connectivity index (χ1n) is 30.1. The van der Waals surface area contributed by atoms with Crippen LogP contribution in [0.25, 0.3) is 11.6 Å².